The van der Waals surface area contributed by atoms with Crippen LogP contribution in [0.15, 0.2) is 72.1 Å². The van der Waals surface area contributed by atoms with Crippen molar-refractivity contribution in [1.82, 2.24) is 4.98 Å². The average molecular weight is 332 g/mol. The molecule has 0 N–H and O–H groups in total. The highest BCUT2D eigenvalue weighted by atomic mass is 32.1. The lowest BCUT2D eigenvalue weighted by molar-refractivity contribution is -0.384. The molecular weight excluding hydrogens is 320 g/mol. The van der Waals surface area contributed by atoms with Gasteiger partial charge in [0.25, 0.3) is 5.69 Å². The topological polar surface area (TPSA) is 56.0 Å². The first-order valence-corrected chi connectivity index (χ1v) is 8.29. The molecule has 2 aromatic heterocycles. The Morgan fingerprint density at radius 1 is 0.958 bits per heavy atom. The van der Waals surface area contributed by atoms with Gasteiger partial charge in [-0.3, -0.25) is 10.1 Å². The Bertz CT molecular complexity index is 1030. The van der Waals surface area contributed by atoms with Gasteiger partial charge in [-0.2, -0.15) is 0 Å². The number of aromatic nitrogens is 1. The van der Waals surface area contributed by atoms with Crippen molar-refractivity contribution in [3.05, 3.63) is 82.2 Å². The molecule has 0 saturated heterocycles. The number of pyridine rings is 1. The number of thiophene rings is 1. The molecule has 0 aliphatic rings. The zero-order valence-corrected chi connectivity index (χ0v) is 13.4. The zero-order valence-electron chi connectivity index (χ0n) is 12.5. The van der Waals surface area contributed by atoms with Gasteiger partial charge in [0.05, 0.1) is 21.0 Å². The molecule has 24 heavy (non-hydrogen) atoms. The van der Waals surface area contributed by atoms with Gasteiger partial charge in [-0.05, 0) is 34.7 Å². The van der Waals surface area contributed by atoms with Crippen LogP contribution in [0.3, 0.4) is 0 Å². The van der Waals surface area contributed by atoms with E-state index >= 15 is 0 Å². The summed E-state index contributed by atoms with van der Waals surface area (Å²) in [7, 11) is 0. The third-order valence-corrected chi connectivity index (χ3v) is 4.75. The van der Waals surface area contributed by atoms with E-state index in [0.717, 1.165) is 32.6 Å². The molecule has 0 amide bonds. The SMILES string of the molecule is O=[N+]([O-])c1ccc2nc(-c3cccs3)cc(-c3ccccc3)c2c1. The average Bonchev–Trinajstić information content (AvgIpc) is 3.15. The number of benzene rings is 2. The van der Waals surface area contributed by atoms with Crippen molar-refractivity contribution in [2.45, 2.75) is 0 Å². The molecule has 116 valence electrons. The smallest absolute Gasteiger partial charge is 0.258 e. The van der Waals surface area contributed by atoms with Gasteiger partial charge < -0.3 is 0 Å². The molecule has 0 saturated carbocycles. The molecular formula is C19H12N2O2S. The number of nitro benzene ring substituents is 1. The first-order chi connectivity index (χ1) is 11.7. The Morgan fingerprint density at radius 2 is 1.79 bits per heavy atom. The van der Waals surface area contributed by atoms with Crippen LogP contribution in [0.5, 0.6) is 0 Å². The standard InChI is InChI=1S/C19H12N2O2S/c22-21(23)14-8-9-17-16(11-14)15(13-5-2-1-3-6-13)12-18(20-17)19-7-4-10-24-19/h1-12H. The summed E-state index contributed by atoms with van der Waals surface area (Å²) in [5, 5.41) is 13.9. The van der Waals surface area contributed by atoms with E-state index in [9.17, 15) is 10.1 Å². The summed E-state index contributed by atoms with van der Waals surface area (Å²) >= 11 is 1.63. The molecule has 5 heteroatoms. The van der Waals surface area contributed by atoms with Crippen molar-refractivity contribution in [2.75, 3.05) is 0 Å². The molecule has 0 aliphatic heterocycles. The summed E-state index contributed by atoms with van der Waals surface area (Å²) in [6.07, 6.45) is 0. The van der Waals surface area contributed by atoms with Gasteiger partial charge >= 0.3 is 0 Å². The van der Waals surface area contributed by atoms with E-state index in [-0.39, 0.29) is 10.6 Å². The lowest BCUT2D eigenvalue weighted by Gasteiger charge is -2.09. The first-order valence-electron chi connectivity index (χ1n) is 7.41. The quantitative estimate of drug-likeness (QED) is 0.366. The molecule has 0 spiro atoms. The van der Waals surface area contributed by atoms with Gasteiger partial charge in [0.1, 0.15) is 0 Å². The monoisotopic (exact) mass is 332 g/mol. The maximum absolute atomic E-state index is 11.1. The lowest BCUT2D eigenvalue weighted by Crippen LogP contribution is -1.92. The van der Waals surface area contributed by atoms with Crippen LogP contribution < -0.4 is 0 Å². The maximum Gasteiger partial charge on any atom is 0.270 e. The Balaban J connectivity index is 2.04. The van der Waals surface area contributed by atoms with Crippen molar-refractivity contribution in [3.63, 3.8) is 0 Å². The third-order valence-electron chi connectivity index (χ3n) is 3.86. The zero-order chi connectivity index (χ0) is 16.5. The van der Waals surface area contributed by atoms with Crippen molar-refractivity contribution in [2.24, 2.45) is 0 Å². The fourth-order valence-corrected chi connectivity index (χ4v) is 3.42. The number of rotatable bonds is 3. The Labute approximate surface area is 142 Å². The van der Waals surface area contributed by atoms with Crippen LogP contribution in [0, 0.1) is 10.1 Å². The van der Waals surface area contributed by atoms with Crippen molar-refractivity contribution >= 4 is 27.9 Å². The van der Waals surface area contributed by atoms with E-state index in [1.54, 1.807) is 23.5 Å². The van der Waals surface area contributed by atoms with Crippen LogP contribution in [0.2, 0.25) is 0 Å². The largest absolute Gasteiger partial charge is 0.270 e. The lowest BCUT2D eigenvalue weighted by atomic mass is 9.99. The highest BCUT2D eigenvalue weighted by Crippen LogP contribution is 2.34. The first kappa shape index (κ1) is 14.5. The van der Waals surface area contributed by atoms with E-state index in [4.69, 9.17) is 4.98 Å². The summed E-state index contributed by atoms with van der Waals surface area (Å²) < 4.78 is 0. The van der Waals surface area contributed by atoms with Crippen molar-refractivity contribution in [1.29, 1.82) is 0 Å². The van der Waals surface area contributed by atoms with Crippen LogP contribution >= 0.6 is 11.3 Å². The summed E-state index contributed by atoms with van der Waals surface area (Å²) in [5.41, 5.74) is 3.68. The van der Waals surface area contributed by atoms with E-state index in [2.05, 4.69) is 0 Å². The van der Waals surface area contributed by atoms with Crippen molar-refractivity contribution in [3.8, 4) is 21.7 Å². The van der Waals surface area contributed by atoms with Gasteiger partial charge in [0, 0.05) is 17.5 Å². The summed E-state index contributed by atoms with van der Waals surface area (Å²) in [4.78, 5) is 16.5. The van der Waals surface area contributed by atoms with Crippen LogP contribution in [-0.4, -0.2) is 9.91 Å². The highest BCUT2D eigenvalue weighted by Gasteiger charge is 2.14. The Morgan fingerprint density at radius 3 is 2.50 bits per heavy atom. The molecule has 4 aromatic rings. The molecule has 0 fully saturated rings. The number of nitrogens with zero attached hydrogens (tertiary/aromatic N) is 2. The summed E-state index contributed by atoms with van der Waals surface area (Å²) in [5.74, 6) is 0. The Hall–Kier alpha value is -3.05. The second-order valence-electron chi connectivity index (χ2n) is 5.36. The molecule has 0 unspecified atom stereocenters. The molecule has 0 radical (unpaired) electrons. The molecule has 4 rings (SSSR count). The van der Waals surface area contributed by atoms with Crippen molar-refractivity contribution < 1.29 is 4.92 Å². The molecule has 4 nitrogen and oxygen atoms in total. The summed E-state index contributed by atoms with van der Waals surface area (Å²) in [6, 6.07) is 20.7. The molecule has 2 aromatic carbocycles. The van der Waals surface area contributed by atoms with Crippen LogP contribution in [0.25, 0.3) is 32.6 Å². The van der Waals surface area contributed by atoms with Crippen LogP contribution in [0.1, 0.15) is 0 Å². The fourth-order valence-electron chi connectivity index (χ4n) is 2.73. The van der Waals surface area contributed by atoms with E-state index < -0.39 is 0 Å². The minimum atomic E-state index is -0.374. The molecule has 2 heterocycles. The second-order valence-corrected chi connectivity index (χ2v) is 6.30. The number of nitro groups is 1. The van der Waals surface area contributed by atoms with E-state index in [1.165, 1.54) is 6.07 Å². The van der Waals surface area contributed by atoms with Crippen LogP contribution in [-0.2, 0) is 0 Å². The number of fused-ring (bicyclic) bond motifs is 1. The number of hydrogen-bond acceptors (Lipinski definition) is 4. The normalized spacial score (nSPS) is 10.8. The van der Waals surface area contributed by atoms with E-state index in [0.29, 0.717) is 0 Å². The number of hydrogen-bond donors (Lipinski definition) is 0. The van der Waals surface area contributed by atoms with Gasteiger partial charge in [-0.1, -0.05) is 36.4 Å². The number of non-ortho nitro benzene ring substituents is 1. The van der Waals surface area contributed by atoms with Gasteiger partial charge in [0.15, 0.2) is 0 Å². The molecule has 0 atom stereocenters. The predicted molar refractivity (Wildman–Crippen MR) is 97.1 cm³/mol. The Kier molecular flexibility index (Phi) is 3.55. The highest BCUT2D eigenvalue weighted by molar-refractivity contribution is 7.13. The predicted octanol–water partition coefficient (Wildman–Crippen LogP) is 5.54. The fraction of sp³-hybridized carbons (Fsp3) is 0. The molecule has 0 aliphatic carbocycles. The van der Waals surface area contributed by atoms with Gasteiger partial charge in [-0.15, -0.1) is 11.3 Å². The van der Waals surface area contributed by atoms with Crippen LogP contribution in [0.4, 0.5) is 5.69 Å². The second kappa shape index (κ2) is 5.86. The minimum Gasteiger partial charge on any atom is -0.258 e. The van der Waals surface area contributed by atoms with Gasteiger partial charge in [0.2, 0.25) is 0 Å². The molecule has 0 bridgehead atoms. The van der Waals surface area contributed by atoms with E-state index in [1.807, 2.05) is 53.9 Å². The third kappa shape index (κ3) is 2.55. The van der Waals surface area contributed by atoms with Gasteiger partial charge in [-0.25, -0.2) is 4.98 Å². The summed E-state index contributed by atoms with van der Waals surface area (Å²) in [6.45, 7) is 0. The maximum atomic E-state index is 11.1. The minimum absolute atomic E-state index is 0.0744.